The number of amides is 1. The highest BCUT2D eigenvalue weighted by molar-refractivity contribution is 9.10. The van der Waals surface area contributed by atoms with Gasteiger partial charge in [-0.2, -0.15) is 0 Å². The second-order valence-electron chi connectivity index (χ2n) is 5.09. The second kappa shape index (κ2) is 5.03. The average molecular weight is 365 g/mol. The zero-order valence-corrected chi connectivity index (χ0v) is 14.3. The van der Waals surface area contributed by atoms with Crippen molar-refractivity contribution in [2.75, 3.05) is 4.90 Å². The molecular weight excluding hydrogens is 352 g/mol. The quantitative estimate of drug-likeness (QED) is 0.765. The number of Topliss-reactive ketones (excluding diaryl/α,β-unsaturated/α-hetero) is 1. The molecule has 108 valence electrons. The van der Waals surface area contributed by atoms with Gasteiger partial charge in [0, 0.05) is 9.35 Å². The molecule has 0 bridgehead atoms. The SMILES string of the molecule is Cc1cc(Br)cc2c1N(Cc1nc(C)c(C)s1)C(=O)C2=O. The highest BCUT2D eigenvalue weighted by Gasteiger charge is 2.37. The highest BCUT2D eigenvalue weighted by atomic mass is 79.9. The van der Waals surface area contributed by atoms with Crippen molar-refractivity contribution in [3.8, 4) is 0 Å². The molecule has 1 aromatic heterocycles. The zero-order valence-electron chi connectivity index (χ0n) is 11.9. The molecule has 0 N–H and O–H groups in total. The van der Waals surface area contributed by atoms with Crippen molar-refractivity contribution in [2.45, 2.75) is 27.3 Å². The van der Waals surface area contributed by atoms with Crippen molar-refractivity contribution in [1.82, 2.24) is 4.98 Å². The molecule has 2 heterocycles. The first-order valence-corrected chi connectivity index (χ1v) is 8.08. The second-order valence-corrected chi connectivity index (χ2v) is 7.29. The molecule has 1 aliphatic rings. The maximum Gasteiger partial charge on any atom is 0.299 e. The zero-order chi connectivity index (χ0) is 15.3. The summed E-state index contributed by atoms with van der Waals surface area (Å²) in [7, 11) is 0. The number of nitrogens with zero attached hydrogens (tertiary/aromatic N) is 2. The molecule has 1 aliphatic heterocycles. The third-order valence-corrected chi connectivity index (χ3v) is 5.10. The van der Waals surface area contributed by atoms with Gasteiger partial charge in [0.2, 0.25) is 0 Å². The lowest BCUT2D eigenvalue weighted by Crippen LogP contribution is -2.29. The molecule has 4 nitrogen and oxygen atoms in total. The molecule has 0 fully saturated rings. The minimum atomic E-state index is -0.475. The Morgan fingerprint density at radius 2 is 1.95 bits per heavy atom. The molecule has 0 saturated carbocycles. The van der Waals surface area contributed by atoms with Crippen LogP contribution >= 0.6 is 27.3 Å². The third kappa shape index (κ3) is 2.32. The lowest BCUT2D eigenvalue weighted by molar-refractivity contribution is -0.114. The Morgan fingerprint density at radius 3 is 2.57 bits per heavy atom. The number of fused-ring (bicyclic) bond motifs is 1. The van der Waals surface area contributed by atoms with Gasteiger partial charge >= 0.3 is 0 Å². The van der Waals surface area contributed by atoms with Crippen LogP contribution in [0.25, 0.3) is 0 Å². The number of ketones is 1. The van der Waals surface area contributed by atoms with Crippen molar-refractivity contribution in [3.05, 3.63) is 43.3 Å². The van der Waals surface area contributed by atoms with Crippen molar-refractivity contribution < 1.29 is 9.59 Å². The monoisotopic (exact) mass is 364 g/mol. The Hall–Kier alpha value is -1.53. The molecule has 0 radical (unpaired) electrons. The summed E-state index contributed by atoms with van der Waals surface area (Å²) < 4.78 is 0.808. The molecule has 0 atom stereocenters. The smallest absolute Gasteiger partial charge is 0.298 e. The first-order valence-electron chi connectivity index (χ1n) is 6.47. The fourth-order valence-electron chi connectivity index (χ4n) is 2.50. The van der Waals surface area contributed by atoms with Crippen molar-refractivity contribution in [2.24, 2.45) is 0 Å². The van der Waals surface area contributed by atoms with Gasteiger partial charge < -0.3 is 0 Å². The van der Waals surface area contributed by atoms with E-state index in [1.165, 1.54) is 4.90 Å². The van der Waals surface area contributed by atoms with E-state index in [0.29, 0.717) is 17.8 Å². The molecule has 3 rings (SSSR count). The van der Waals surface area contributed by atoms with Gasteiger partial charge in [0.05, 0.1) is 23.5 Å². The van der Waals surface area contributed by atoms with Crippen LogP contribution in [0.1, 0.15) is 31.5 Å². The lowest BCUT2D eigenvalue weighted by Gasteiger charge is -2.17. The number of aromatic nitrogens is 1. The molecule has 0 unspecified atom stereocenters. The van der Waals surface area contributed by atoms with Crippen LogP contribution in [0.15, 0.2) is 16.6 Å². The summed E-state index contributed by atoms with van der Waals surface area (Å²) in [5.41, 5.74) is 3.06. The summed E-state index contributed by atoms with van der Waals surface area (Å²) in [6.07, 6.45) is 0. The normalized spacial score (nSPS) is 14.0. The van der Waals surface area contributed by atoms with E-state index in [0.717, 1.165) is 25.6 Å². The predicted molar refractivity (Wildman–Crippen MR) is 86.0 cm³/mol. The molecule has 0 saturated heterocycles. The van der Waals surface area contributed by atoms with Crippen LogP contribution < -0.4 is 4.90 Å². The number of hydrogen-bond acceptors (Lipinski definition) is 4. The van der Waals surface area contributed by atoms with Crippen molar-refractivity contribution in [3.63, 3.8) is 0 Å². The Labute approximate surface area is 134 Å². The summed E-state index contributed by atoms with van der Waals surface area (Å²) in [4.78, 5) is 31.5. The minimum Gasteiger partial charge on any atom is -0.298 e. The molecular formula is C15H13BrN2O2S. The van der Waals surface area contributed by atoms with Crippen LogP contribution in [0.5, 0.6) is 0 Å². The maximum atomic E-state index is 12.3. The average Bonchev–Trinajstić information content (AvgIpc) is 2.83. The Bertz CT molecular complexity index is 763. The summed E-state index contributed by atoms with van der Waals surface area (Å²) in [5, 5.41) is 0.848. The number of thiazole rings is 1. The summed E-state index contributed by atoms with van der Waals surface area (Å²) >= 11 is 4.93. The van der Waals surface area contributed by atoms with Gasteiger partial charge in [-0.25, -0.2) is 4.98 Å². The van der Waals surface area contributed by atoms with Gasteiger partial charge in [-0.1, -0.05) is 15.9 Å². The van der Waals surface area contributed by atoms with Gasteiger partial charge in [-0.15, -0.1) is 11.3 Å². The Morgan fingerprint density at radius 1 is 1.24 bits per heavy atom. The number of benzene rings is 1. The van der Waals surface area contributed by atoms with Crippen LogP contribution in [0.3, 0.4) is 0 Å². The molecule has 21 heavy (non-hydrogen) atoms. The van der Waals surface area contributed by atoms with E-state index in [9.17, 15) is 9.59 Å². The van der Waals surface area contributed by atoms with Gasteiger partial charge in [-0.3, -0.25) is 14.5 Å². The first kappa shape index (κ1) is 14.4. The third-order valence-electron chi connectivity index (χ3n) is 3.59. The number of rotatable bonds is 2. The molecule has 2 aromatic rings. The van der Waals surface area contributed by atoms with Crippen LogP contribution in [0.2, 0.25) is 0 Å². The summed E-state index contributed by atoms with van der Waals surface area (Å²) in [6, 6.07) is 3.62. The van der Waals surface area contributed by atoms with Gasteiger partial charge in [0.1, 0.15) is 5.01 Å². The fraction of sp³-hybridized carbons (Fsp3) is 0.267. The number of aryl methyl sites for hydroxylation is 3. The fourth-order valence-corrected chi connectivity index (χ4v) is 3.99. The van der Waals surface area contributed by atoms with E-state index in [1.807, 2.05) is 26.8 Å². The summed E-state index contributed by atoms with van der Waals surface area (Å²) in [6.45, 7) is 6.20. The number of carbonyl (C=O) groups is 2. The largest absolute Gasteiger partial charge is 0.299 e. The standard InChI is InChI=1S/C15H13BrN2O2S/c1-7-4-10(16)5-11-13(7)18(15(20)14(11)19)6-12-17-8(2)9(3)21-12/h4-5H,6H2,1-3H3. The molecule has 1 amide bonds. The van der Waals surface area contributed by atoms with Gasteiger partial charge in [0.25, 0.3) is 11.7 Å². The molecule has 1 aromatic carbocycles. The number of hydrogen-bond donors (Lipinski definition) is 0. The van der Waals surface area contributed by atoms with Crippen LogP contribution in [-0.4, -0.2) is 16.7 Å². The maximum absolute atomic E-state index is 12.3. The number of halogens is 1. The van der Waals surface area contributed by atoms with E-state index >= 15 is 0 Å². The summed E-state index contributed by atoms with van der Waals surface area (Å²) in [5.74, 6) is -0.920. The minimum absolute atomic E-state index is 0.347. The van der Waals surface area contributed by atoms with Crippen LogP contribution in [-0.2, 0) is 11.3 Å². The molecule has 0 aliphatic carbocycles. The topological polar surface area (TPSA) is 50.3 Å². The number of anilines is 1. The Balaban J connectivity index is 2.05. The highest BCUT2D eigenvalue weighted by Crippen LogP contribution is 2.36. The van der Waals surface area contributed by atoms with E-state index in [1.54, 1.807) is 17.4 Å². The van der Waals surface area contributed by atoms with E-state index in [4.69, 9.17) is 0 Å². The van der Waals surface area contributed by atoms with E-state index in [2.05, 4.69) is 20.9 Å². The van der Waals surface area contributed by atoms with Crippen molar-refractivity contribution >= 4 is 44.6 Å². The van der Waals surface area contributed by atoms with Crippen molar-refractivity contribution in [1.29, 1.82) is 0 Å². The molecule has 0 spiro atoms. The lowest BCUT2D eigenvalue weighted by atomic mass is 10.1. The predicted octanol–water partition coefficient (Wildman–Crippen LogP) is 3.56. The van der Waals surface area contributed by atoms with Crippen LogP contribution in [0, 0.1) is 20.8 Å². The Kier molecular flexibility index (Phi) is 3.45. The first-order chi connectivity index (χ1) is 9.88. The van der Waals surface area contributed by atoms with Gasteiger partial charge in [0.15, 0.2) is 0 Å². The van der Waals surface area contributed by atoms with E-state index in [-0.39, 0.29) is 0 Å². The van der Waals surface area contributed by atoms with Gasteiger partial charge in [-0.05, 0) is 38.5 Å². The van der Waals surface area contributed by atoms with E-state index < -0.39 is 11.7 Å². The number of carbonyl (C=O) groups excluding carboxylic acids is 2. The van der Waals surface area contributed by atoms with Crippen LogP contribution in [0.4, 0.5) is 5.69 Å². The molecule has 6 heteroatoms.